The SMILES string of the molecule is COc1ccc(-c2nc3cc(F)ccc3cc2CN(C(=O)CCn2ccc(C)n2)C2CC2)cc1. The summed E-state index contributed by atoms with van der Waals surface area (Å²) in [5.74, 6) is 0.536. The van der Waals surface area contributed by atoms with E-state index in [2.05, 4.69) is 5.10 Å². The van der Waals surface area contributed by atoms with Gasteiger partial charge in [-0.25, -0.2) is 9.37 Å². The highest BCUT2D eigenvalue weighted by atomic mass is 19.1. The molecule has 5 rings (SSSR count). The van der Waals surface area contributed by atoms with Crippen molar-refractivity contribution in [2.24, 2.45) is 0 Å². The van der Waals surface area contributed by atoms with Crippen molar-refractivity contribution in [2.45, 2.75) is 45.3 Å². The van der Waals surface area contributed by atoms with E-state index in [4.69, 9.17) is 9.72 Å². The number of hydrogen-bond acceptors (Lipinski definition) is 4. The number of hydrogen-bond donors (Lipinski definition) is 0. The number of methoxy groups -OCH3 is 1. The predicted octanol–water partition coefficient (Wildman–Crippen LogP) is 5.14. The molecule has 4 aromatic rings. The molecule has 7 heteroatoms. The number of carbonyl (C=O) groups is 1. The third-order valence-corrected chi connectivity index (χ3v) is 6.20. The maximum atomic E-state index is 13.9. The van der Waals surface area contributed by atoms with Gasteiger partial charge in [0.05, 0.1) is 24.0 Å². The Kier molecular flexibility index (Phi) is 6.01. The number of aryl methyl sites for hydroxylation is 2. The van der Waals surface area contributed by atoms with Crippen molar-refractivity contribution < 1.29 is 13.9 Å². The lowest BCUT2D eigenvalue weighted by Crippen LogP contribution is -2.33. The number of nitrogens with zero attached hydrogens (tertiary/aromatic N) is 4. The van der Waals surface area contributed by atoms with Gasteiger partial charge in [-0.1, -0.05) is 0 Å². The average Bonchev–Trinajstić information content (AvgIpc) is 3.60. The number of rotatable bonds is 8. The van der Waals surface area contributed by atoms with Crippen LogP contribution in [0.2, 0.25) is 0 Å². The Morgan fingerprint density at radius 1 is 1.15 bits per heavy atom. The van der Waals surface area contributed by atoms with E-state index in [1.807, 2.05) is 59.1 Å². The van der Waals surface area contributed by atoms with Gasteiger partial charge in [0, 0.05) is 48.8 Å². The van der Waals surface area contributed by atoms with Gasteiger partial charge < -0.3 is 9.64 Å². The number of ether oxygens (including phenoxy) is 1. The van der Waals surface area contributed by atoms with Gasteiger partial charge in [-0.15, -0.1) is 0 Å². The van der Waals surface area contributed by atoms with Crippen LogP contribution in [0.1, 0.15) is 30.5 Å². The van der Waals surface area contributed by atoms with Crippen LogP contribution >= 0.6 is 0 Å². The van der Waals surface area contributed by atoms with Gasteiger partial charge in [0.2, 0.25) is 5.91 Å². The molecule has 0 aliphatic heterocycles. The number of amides is 1. The van der Waals surface area contributed by atoms with Crippen molar-refractivity contribution in [3.05, 3.63) is 77.9 Å². The lowest BCUT2D eigenvalue weighted by atomic mass is 10.0. The molecule has 2 aromatic carbocycles. The van der Waals surface area contributed by atoms with Crippen LogP contribution in [0.3, 0.4) is 0 Å². The zero-order chi connectivity index (χ0) is 23.7. The van der Waals surface area contributed by atoms with Crippen molar-refractivity contribution in [2.75, 3.05) is 7.11 Å². The Labute approximate surface area is 198 Å². The molecule has 34 heavy (non-hydrogen) atoms. The van der Waals surface area contributed by atoms with Crippen LogP contribution in [0, 0.1) is 12.7 Å². The van der Waals surface area contributed by atoms with Gasteiger partial charge in [0.15, 0.2) is 0 Å². The largest absolute Gasteiger partial charge is 0.497 e. The minimum Gasteiger partial charge on any atom is -0.497 e. The number of halogens is 1. The minimum atomic E-state index is -0.322. The summed E-state index contributed by atoms with van der Waals surface area (Å²) in [5.41, 5.74) is 4.13. The molecule has 0 spiro atoms. The van der Waals surface area contributed by atoms with Crippen molar-refractivity contribution in [3.63, 3.8) is 0 Å². The van der Waals surface area contributed by atoms with Gasteiger partial charge in [0.25, 0.3) is 0 Å². The van der Waals surface area contributed by atoms with Crippen molar-refractivity contribution in [1.29, 1.82) is 0 Å². The Bertz CT molecular complexity index is 1330. The van der Waals surface area contributed by atoms with E-state index >= 15 is 0 Å². The molecule has 0 atom stereocenters. The van der Waals surface area contributed by atoms with Crippen molar-refractivity contribution >= 4 is 16.8 Å². The predicted molar refractivity (Wildman–Crippen MR) is 129 cm³/mol. The van der Waals surface area contributed by atoms with E-state index in [9.17, 15) is 9.18 Å². The first-order valence-electron chi connectivity index (χ1n) is 11.5. The quantitative estimate of drug-likeness (QED) is 0.367. The second-order valence-electron chi connectivity index (χ2n) is 8.78. The van der Waals surface area contributed by atoms with E-state index in [0.717, 1.165) is 46.5 Å². The number of pyridine rings is 1. The van der Waals surface area contributed by atoms with E-state index in [1.165, 1.54) is 12.1 Å². The van der Waals surface area contributed by atoms with Gasteiger partial charge in [-0.3, -0.25) is 9.48 Å². The van der Waals surface area contributed by atoms with E-state index in [1.54, 1.807) is 13.2 Å². The Morgan fingerprint density at radius 3 is 2.62 bits per heavy atom. The van der Waals surface area contributed by atoms with Crippen molar-refractivity contribution in [1.82, 2.24) is 19.7 Å². The number of aromatic nitrogens is 3. The Balaban J connectivity index is 1.47. The van der Waals surface area contributed by atoms with Gasteiger partial charge in [0.1, 0.15) is 11.6 Å². The molecule has 0 saturated heterocycles. The molecule has 0 bridgehead atoms. The topological polar surface area (TPSA) is 60.2 Å². The number of benzene rings is 2. The fourth-order valence-corrected chi connectivity index (χ4v) is 4.24. The summed E-state index contributed by atoms with van der Waals surface area (Å²) in [6.45, 7) is 2.95. The molecule has 0 N–H and O–H groups in total. The van der Waals surface area contributed by atoms with E-state index < -0.39 is 0 Å². The lowest BCUT2D eigenvalue weighted by Gasteiger charge is -2.24. The van der Waals surface area contributed by atoms with Gasteiger partial charge >= 0.3 is 0 Å². The molecular formula is C27H27FN4O2. The van der Waals surface area contributed by atoms with Crippen LogP contribution in [-0.4, -0.2) is 38.7 Å². The fraction of sp³-hybridized carbons (Fsp3) is 0.296. The van der Waals surface area contributed by atoms with Gasteiger partial charge in [-0.2, -0.15) is 5.10 Å². The number of carbonyl (C=O) groups excluding carboxylic acids is 1. The monoisotopic (exact) mass is 458 g/mol. The number of fused-ring (bicyclic) bond motifs is 1. The molecule has 174 valence electrons. The first-order chi connectivity index (χ1) is 16.5. The molecule has 1 saturated carbocycles. The van der Waals surface area contributed by atoms with Crippen LogP contribution in [0.4, 0.5) is 4.39 Å². The molecule has 1 fully saturated rings. The molecular weight excluding hydrogens is 431 g/mol. The standard InChI is InChI=1S/C27H27FN4O2/c1-18-11-13-31(30-18)14-12-26(33)32(23-7-8-23)17-21-15-20-3-6-22(28)16-25(20)29-27(21)19-4-9-24(34-2)10-5-19/h3-6,9-11,13,15-16,23H,7-8,12,14,17H2,1-2H3. The summed E-state index contributed by atoms with van der Waals surface area (Å²) in [7, 11) is 1.63. The Hall–Kier alpha value is -3.74. The third-order valence-electron chi connectivity index (χ3n) is 6.20. The Morgan fingerprint density at radius 2 is 1.94 bits per heavy atom. The lowest BCUT2D eigenvalue weighted by molar-refractivity contribution is -0.132. The van der Waals surface area contributed by atoms with Crippen LogP contribution in [0.15, 0.2) is 60.8 Å². The van der Waals surface area contributed by atoms with Crippen LogP contribution in [-0.2, 0) is 17.9 Å². The second-order valence-corrected chi connectivity index (χ2v) is 8.78. The van der Waals surface area contributed by atoms with E-state index in [0.29, 0.717) is 25.0 Å². The summed E-state index contributed by atoms with van der Waals surface area (Å²) in [6.07, 6.45) is 4.31. The highest BCUT2D eigenvalue weighted by molar-refractivity contribution is 5.84. The molecule has 2 aromatic heterocycles. The molecule has 0 radical (unpaired) electrons. The molecule has 6 nitrogen and oxygen atoms in total. The normalized spacial score (nSPS) is 13.3. The zero-order valence-electron chi connectivity index (χ0n) is 19.4. The third kappa shape index (κ3) is 4.78. The molecule has 2 heterocycles. The summed E-state index contributed by atoms with van der Waals surface area (Å²) >= 11 is 0. The second kappa shape index (κ2) is 9.25. The van der Waals surface area contributed by atoms with Crippen molar-refractivity contribution in [3.8, 4) is 17.0 Å². The van der Waals surface area contributed by atoms with Gasteiger partial charge in [-0.05, 0) is 73.9 Å². The summed E-state index contributed by atoms with van der Waals surface area (Å²) < 4.78 is 21.0. The first-order valence-corrected chi connectivity index (χ1v) is 11.5. The van der Waals surface area contributed by atoms with Crippen LogP contribution in [0.5, 0.6) is 5.75 Å². The molecule has 0 unspecified atom stereocenters. The molecule has 1 amide bonds. The molecule has 1 aliphatic rings. The summed E-state index contributed by atoms with van der Waals surface area (Å²) in [6, 6.07) is 16.5. The van der Waals surface area contributed by atoms with E-state index in [-0.39, 0.29) is 17.8 Å². The molecule has 1 aliphatic carbocycles. The average molecular weight is 459 g/mol. The fourth-order valence-electron chi connectivity index (χ4n) is 4.24. The maximum absolute atomic E-state index is 13.9. The smallest absolute Gasteiger partial charge is 0.224 e. The summed E-state index contributed by atoms with van der Waals surface area (Å²) in [5, 5.41) is 5.24. The highest BCUT2D eigenvalue weighted by Gasteiger charge is 2.33. The minimum absolute atomic E-state index is 0.107. The van der Waals surface area contributed by atoms with Crippen LogP contribution < -0.4 is 4.74 Å². The first kappa shape index (κ1) is 22.1. The zero-order valence-corrected chi connectivity index (χ0v) is 19.4. The highest BCUT2D eigenvalue weighted by Crippen LogP contribution is 2.33. The summed E-state index contributed by atoms with van der Waals surface area (Å²) in [4.78, 5) is 20.0. The maximum Gasteiger partial charge on any atom is 0.224 e. The van der Waals surface area contributed by atoms with Crippen LogP contribution in [0.25, 0.3) is 22.2 Å².